The molecule has 0 rings (SSSR count). The Kier molecular flexibility index (Phi) is 3.10. The van der Waals surface area contributed by atoms with Crippen LogP contribution in [0.4, 0.5) is 0 Å². The molecule has 0 saturated carbocycles. The minimum Gasteiger partial charge on any atom is -0.487 e. The maximum atomic E-state index is 4.40. The fourth-order valence-corrected chi connectivity index (χ4v) is 0.105. The normalized spacial score (nSPS) is 9.20. The second-order valence-corrected chi connectivity index (χ2v) is 0.599. The molecule has 0 fully saturated rings. The second kappa shape index (κ2) is 3.47. The van der Waals surface area contributed by atoms with Gasteiger partial charge in [-0.2, -0.15) is 0 Å². The van der Waals surface area contributed by atoms with E-state index in [1.54, 1.807) is 14.2 Å². The minimum atomic E-state index is 1.38. The first-order valence-corrected chi connectivity index (χ1v) is 1.35. The fraction of sp³-hybridized carbons (Fsp3) is 0.667. The molecule has 0 aliphatic rings. The first-order chi connectivity index (χ1) is 2.41. The van der Waals surface area contributed by atoms with Crippen molar-refractivity contribution >= 4 is 6.40 Å². The van der Waals surface area contributed by atoms with Crippen molar-refractivity contribution in [1.29, 1.82) is 0 Å². The van der Waals surface area contributed by atoms with Gasteiger partial charge in [-0.1, -0.05) is 0 Å². The summed E-state index contributed by atoms with van der Waals surface area (Å²) < 4.78 is 4.40. The van der Waals surface area contributed by atoms with Gasteiger partial charge in [-0.3, -0.25) is 4.99 Å². The molecule has 0 aliphatic carbocycles. The zero-order valence-corrected chi connectivity index (χ0v) is 3.43. The summed E-state index contributed by atoms with van der Waals surface area (Å²) in [6, 6.07) is 0. The van der Waals surface area contributed by atoms with Crippen molar-refractivity contribution in [3.05, 3.63) is 0 Å². The quantitative estimate of drug-likeness (QED) is 0.323. The Hall–Kier alpha value is -0.530. The zero-order valence-electron chi connectivity index (χ0n) is 3.43. The number of hydrogen-bond acceptors (Lipinski definition) is 2. The Balaban J connectivity index is 2.62. The van der Waals surface area contributed by atoms with Crippen molar-refractivity contribution in [2.45, 2.75) is 0 Å². The number of ether oxygens (including phenoxy) is 1. The Morgan fingerprint density at radius 1 is 1.80 bits per heavy atom. The monoisotopic (exact) mass is 73.1 g/mol. The van der Waals surface area contributed by atoms with Crippen molar-refractivity contribution in [2.75, 3.05) is 14.2 Å². The van der Waals surface area contributed by atoms with E-state index in [2.05, 4.69) is 9.73 Å². The maximum Gasteiger partial charge on any atom is 0.168 e. The summed E-state index contributed by atoms with van der Waals surface area (Å²) in [5, 5.41) is 0. The van der Waals surface area contributed by atoms with Crippen LogP contribution in [0.25, 0.3) is 0 Å². The van der Waals surface area contributed by atoms with Crippen molar-refractivity contribution in [3.8, 4) is 0 Å². The SMILES string of the molecule is C/N=C\OC. The van der Waals surface area contributed by atoms with Crippen molar-refractivity contribution < 1.29 is 4.74 Å². The molecule has 2 nitrogen and oxygen atoms in total. The van der Waals surface area contributed by atoms with E-state index < -0.39 is 0 Å². The van der Waals surface area contributed by atoms with Crippen LogP contribution in [0.15, 0.2) is 4.99 Å². The molecular weight excluding hydrogens is 66.0 g/mol. The van der Waals surface area contributed by atoms with Gasteiger partial charge in [0.05, 0.1) is 7.11 Å². The van der Waals surface area contributed by atoms with Crippen molar-refractivity contribution in [2.24, 2.45) is 4.99 Å². The highest BCUT2D eigenvalue weighted by molar-refractivity contribution is 5.45. The predicted octanol–water partition coefficient (Wildman–Crippen LogP) is 0.291. The van der Waals surface area contributed by atoms with Crippen LogP contribution < -0.4 is 0 Å². The lowest BCUT2D eigenvalue weighted by Gasteiger charge is -1.75. The van der Waals surface area contributed by atoms with E-state index in [0.29, 0.717) is 0 Å². The summed E-state index contributed by atoms with van der Waals surface area (Å²) in [7, 11) is 3.22. The first-order valence-electron chi connectivity index (χ1n) is 1.35. The van der Waals surface area contributed by atoms with Gasteiger partial charge in [0.1, 0.15) is 0 Å². The van der Waals surface area contributed by atoms with Gasteiger partial charge in [-0.25, -0.2) is 0 Å². The van der Waals surface area contributed by atoms with Crippen LogP contribution in [-0.4, -0.2) is 20.6 Å². The van der Waals surface area contributed by atoms with Crippen LogP contribution in [0.3, 0.4) is 0 Å². The number of hydrogen-bond donors (Lipinski definition) is 0. The first kappa shape index (κ1) is 4.47. The largest absolute Gasteiger partial charge is 0.487 e. The molecule has 0 unspecified atom stereocenters. The van der Waals surface area contributed by atoms with Crippen molar-refractivity contribution in [1.82, 2.24) is 0 Å². The van der Waals surface area contributed by atoms with Gasteiger partial charge in [0, 0.05) is 7.05 Å². The Bertz CT molecular complexity index is 33.9. The molecule has 30 valence electrons. The molecule has 0 aromatic rings. The molecular formula is C3H7NO. The molecule has 0 bridgehead atoms. The summed E-state index contributed by atoms with van der Waals surface area (Å²) in [6.45, 7) is 0. The van der Waals surface area contributed by atoms with Gasteiger partial charge in [0.25, 0.3) is 0 Å². The lowest BCUT2D eigenvalue weighted by atomic mass is 11.3. The summed E-state index contributed by atoms with van der Waals surface area (Å²) in [4.78, 5) is 3.51. The molecule has 0 aromatic heterocycles. The average Bonchev–Trinajstić information content (AvgIpc) is 1.41. The summed E-state index contributed by atoms with van der Waals surface area (Å²) in [5.74, 6) is 0. The Labute approximate surface area is 31.5 Å². The van der Waals surface area contributed by atoms with E-state index in [1.165, 1.54) is 6.40 Å². The minimum absolute atomic E-state index is 1.38. The maximum absolute atomic E-state index is 4.40. The summed E-state index contributed by atoms with van der Waals surface area (Å²) in [5.41, 5.74) is 0. The van der Waals surface area contributed by atoms with Gasteiger partial charge >= 0.3 is 0 Å². The topological polar surface area (TPSA) is 21.6 Å². The zero-order chi connectivity index (χ0) is 4.12. The summed E-state index contributed by atoms with van der Waals surface area (Å²) in [6.07, 6.45) is 1.38. The standard InChI is InChI=1S/C3H7NO/c1-4-3-5-2/h3H,1-2H3/b4-3-. The van der Waals surface area contributed by atoms with Gasteiger partial charge < -0.3 is 4.74 Å². The third-order valence-corrected chi connectivity index (χ3v) is 0.211. The van der Waals surface area contributed by atoms with E-state index in [1.807, 2.05) is 0 Å². The third kappa shape index (κ3) is 3.47. The molecule has 0 radical (unpaired) electrons. The van der Waals surface area contributed by atoms with E-state index in [4.69, 9.17) is 0 Å². The van der Waals surface area contributed by atoms with E-state index in [-0.39, 0.29) is 0 Å². The highest BCUT2D eigenvalue weighted by Gasteiger charge is 1.47. The number of aliphatic imine (C=N–C) groups is 1. The fourth-order valence-electron chi connectivity index (χ4n) is 0.105. The van der Waals surface area contributed by atoms with Crippen LogP contribution >= 0.6 is 0 Å². The molecule has 0 atom stereocenters. The van der Waals surface area contributed by atoms with Crippen LogP contribution in [0.5, 0.6) is 0 Å². The molecule has 5 heavy (non-hydrogen) atoms. The van der Waals surface area contributed by atoms with Gasteiger partial charge in [-0.05, 0) is 0 Å². The lowest BCUT2D eigenvalue weighted by Crippen LogP contribution is -1.71. The molecule has 0 spiro atoms. The number of nitrogens with zero attached hydrogens (tertiary/aromatic N) is 1. The second-order valence-electron chi connectivity index (χ2n) is 0.599. The molecule has 0 aromatic carbocycles. The molecule has 2 heteroatoms. The van der Waals surface area contributed by atoms with Crippen LogP contribution in [0, 0.1) is 0 Å². The summed E-state index contributed by atoms with van der Waals surface area (Å²) >= 11 is 0. The number of methoxy groups -OCH3 is 1. The smallest absolute Gasteiger partial charge is 0.168 e. The van der Waals surface area contributed by atoms with Crippen LogP contribution in [0.1, 0.15) is 0 Å². The van der Waals surface area contributed by atoms with Gasteiger partial charge in [0.2, 0.25) is 0 Å². The van der Waals surface area contributed by atoms with E-state index in [9.17, 15) is 0 Å². The number of rotatable bonds is 1. The van der Waals surface area contributed by atoms with Gasteiger partial charge in [0.15, 0.2) is 6.40 Å². The molecule has 0 amide bonds. The van der Waals surface area contributed by atoms with Crippen LogP contribution in [0.2, 0.25) is 0 Å². The van der Waals surface area contributed by atoms with E-state index >= 15 is 0 Å². The molecule has 0 N–H and O–H groups in total. The lowest BCUT2D eigenvalue weighted by molar-refractivity contribution is 0.422. The molecule has 0 heterocycles. The molecule has 0 aliphatic heterocycles. The third-order valence-electron chi connectivity index (χ3n) is 0.211. The highest BCUT2D eigenvalue weighted by Crippen LogP contribution is 1.48. The Morgan fingerprint density at radius 3 is 2.40 bits per heavy atom. The highest BCUT2D eigenvalue weighted by atomic mass is 16.5. The molecule has 0 saturated heterocycles. The van der Waals surface area contributed by atoms with Gasteiger partial charge in [-0.15, -0.1) is 0 Å². The van der Waals surface area contributed by atoms with E-state index in [0.717, 1.165) is 0 Å². The predicted molar refractivity (Wildman–Crippen MR) is 21.4 cm³/mol. The van der Waals surface area contributed by atoms with Crippen LogP contribution in [-0.2, 0) is 4.74 Å². The average molecular weight is 73.1 g/mol. The Morgan fingerprint density at radius 2 is 2.40 bits per heavy atom. The van der Waals surface area contributed by atoms with Crippen molar-refractivity contribution in [3.63, 3.8) is 0 Å².